The molecule has 0 aliphatic heterocycles. The molecule has 1 aromatic heterocycles. The Balaban J connectivity index is 2.18. The minimum Gasteiger partial charge on any atom is -0.488 e. The Kier molecular flexibility index (Phi) is 6.05. The van der Waals surface area contributed by atoms with Crippen molar-refractivity contribution in [1.29, 1.82) is 0 Å². The number of rotatable bonds is 8. The average Bonchev–Trinajstić information content (AvgIpc) is 2.54. The van der Waals surface area contributed by atoms with Gasteiger partial charge in [0.1, 0.15) is 12.3 Å². The molecule has 1 aromatic rings. The van der Waals surface area contributed by atoms with E-state index >= 15 is 0 Å². The van der Waals surface area contributed by atoms with Crippen LogP contribution in [0.2, 0.25) is 0 Å². The predicted molar refractivity (Wildman–Crippen MR) is 70.6 cm³/mol. The Hall–Kier alpha value is -1.03. The minimum absolute atomic E-state index is 0.708. The molecule has 0 unspecified atom stereocenters. The smallest absolute Gasteiger partial charge is 0.163 e. The molecule has 0 amide bonds. The quantitative estimate of drug-likeness (QED) is 0.707. The van der Waals surface area contributed by atoms with E-state index in [0.29, 0.717) is 6.61 Å². The largest absolute Gasteiger partial charge is 0.488 e. The van der Waals surface area contributed by atoms with Gasteiger partial charge in [-0.1, -0.05) is 19.8 Å². The maximum absolute atomic E-state index is 5.75. The second-order valence-electron chi connectivity index (χ2n) is 4.43. The van der Waals surface area contributed by atoms with E-state index in [1.165, 1.54) is 19.3 Å². The van der Waals surface area contributed by atoms with Gasteiger partial charge in [0.15, 0.2) is 5.75 Å². The number of nitrogens with one attached hydrogen (secondary N) is 1. The summed E-state index contributed by atoms with van der Waals surface area (Å²) in [6, 6.07) is 0. The van der Waals surface area contributed by atoms with Crippen LogP contribution >= 0.6 is 0 Å². The first-order valence-electron chi connectivity index (χ1n) is 6.50. The molecule has 0 aliphatic carbocycles. The van der Waals surface area contributed by atoms with Gasteiger partial charge in [-0.25, -0.2) is 0 Å². The zero-order chi connectivity index (χ0) is 12.7. The van der Waals surface area contributed by atoms with Crippen molar-refractivity contribution in [3.8, 4) is 5.75 Å². The van der Waals surface area contributed by atoms with Gasteiger partial charge >= 0.3 is 0 Å². The number of unbranched alkanes of at least 4 members (excludes halogenated alkanes) is 2. The lowest BCUT2D eigenvalue weighted by Crippen LogP contribution is -2.22. The molecule has 0 bridgehead atoms. The molecular weight excluding hydrogens is 214 g/mol. The van der Waals surface area contributed by atoms with E-state index in [4.69, 9.17) is 4.74 Å². The highest BCUT2D eigenvalue weighted by Crippen LogP contribution is 2.20. The zero-order valence-electron chi connectivity index (χ0n) is 11.5. The topological polar surface area (TPSA) is 39.1 Å². The van der Waals surface area contributed by atoms with E-state index in [2.05, 4.69) is 17.3 Å². The number of aryl methyl sites for hydroxylation is 2. The lowest BCUT2D eigenvalue weighted by Gasteiger charge is -2.07. The van der Waals surface area contributed by atoms with Crippen molar-refractivity contribution in [2.45, 2.75) is 40.0 Å². The third-order valence-electron chi connectivity index (χ3n) is 2.92. The molecule has 4 heteroatoms. The molecule has 1 N–H and O–H groups in total. The van der Waals surface area contributed by atoms with Crippen LogP contribution in [0, 0.1) is 13.8 Å². The maximum Gasteiger partial charge on any atom is 0.163 e. The molecule has 0 spiro atoms. The first-order chi connectivity index (χ1) is 8.16. The Morgan fingerprint density at radius 2 is 2.00 bits per heavy atom. The number of hydrogen-bond donors (Lipinski definition) is 1. The minimum atomic E-state index is 0.708. The van der Waals surface area contributed by atoms with Gasteiger partial charge in [-0.05, 0) is 26.8 Å². The van der Waals surface area contributed by atoms with Crippen molar-refractivity contribution < 1.29 is 4.74 Å². The summed E-state index contributed by atoms with van der Waals surface area (Å²) in [5.74, 6) is 0.933. The van der Waals surface area contributed by atoms with Crippen LogP contribution in [-0.4, -0.2) is 29.5 Å². The standard InChI is InChI=1S/C13H25N3O/c1-5-6-7-8-14-9-10-17-13-11(2)15-16(4)12(13)3/h14H,5-10H2,1-4H3. The fourth-order valence-electron chi connectivity index (χ4n) is 1.81. The second-order valence-corrected chi connectivity index (χ2v) is 4.43. The first kappa shape index (κ1) is 14.0. The number of aromatic nitrogens is 2. The Morgan fingerprint density at radius 3 is 2.59 bits per heavy atom. The molecule has 0 aromatic carbocycles. The van der Waals surface area contributed by atoms with Crippen molar-refractivity contribution in [2.75, 3.05) is 19.7 Å². The van der Waals surface area contributed by atoms with E-state index in [1.807, 2.05) is 25.6 Å². The van der Waals surface area contributed by atoms with Gasteiger partial charge in [-0.2, -0.15) is 5.10 Å². The van der Waals surface area contributed by atoms with Crippen molar-refractivity contribution in [3.63, 3.8) is 0 Å². The lowest BCUT2D eigenvalue weighted by atomic mass is 10.2. The molecule has 0 fully saturated rings. The van der Waals surface area contributed by atoms with E-state index in [-0.39, 0.29) is 0 Å². The predicted octanol–water partition coefficient (Wildman–Crippen LogP) is 2.20. The lowest BCUT2D eigenvalue weighted by molar-refractivity contribution is 0.309. The molecule has 1 rings (SSSR count). The van der Waals surface area contributed by atoms with E-state index in [0.717, 1.165) is 30.2 Å². The molecule has 0 aliphatic rings. The van der Waals surface area contributed by atoms with Crippen LogP contribution in [-0.2, 0) is 7.05 Å². The van der Waals surface area contributed by atoms with Crippen LogP contribution in [0.5, 0.6) is 5.75 Å². The summed E-state index contributed by atoms with van der Waals surface area (Å²) in [5.41, 5.74) is 2.06. The van der Waals surface area contributed by atoms with Gasteiger partial charge in [-0.15, -0.1) is 0 Å². The molecular formula is C13H25N3O. The maximum atomic E-state index is 5.75. The fourth-order valence-corrected chi connectivity index (χ4v) is 1.81. The third kappa shape index (κ3) is 4.38. The molecule has 0 saturated heterocycles. The van der Waals surface area contributed by atoms with Gasteiger partial charge in [0.2, 0.25) is 0 Å². The molecule has 0 radical (unpaired) electrons. The molecule has 98 valence electrons. The van der Waals surface area contributed by atoms with Crippen LogP contribution in [0.1, 0.15) is 37.6 Å². The fraction of sp³-hybridized carbons (Fsp3) is 0.769. The molecule has 4 nitrogen and oxygen atoms in total. The van der Waals surface area contributed by atoms with Crippen LogP contribution in [0.3, 0.4) is 0 Å². The summed E-state index contributed by atoms with van der Waals surface area (Å²) >= 11 is 0. The second kappa shape index (κ2) is 7.33. The summed E-state index contributed by atoms with van der Waals surface area (Å²) in [5, 5.41) is 7.71. The highest BCUT2D eigenvalue weighted by molar-refractivity contribution is 5.31. The number of ether oxygens (including phenoxy) is 1. The molecule has 17 heavy (non-hydrogen) atoms. The van der Waals surface area contributed by atoms with E-state index in [1.54, 1.807) is 0 Å². The van der Waals surface area contributed by atoms with Crippen LogP contribution in [0.15, 0.2) is 0 Å². The van der Waals surface area contributed by atoms with Crippen molar-refractivity contribution >= 4 is 0 Å². The highest BCUT2D eigenvalue weighted by Gasteiger charge is 2.09. The summed E-state index contributed by atoms with van der Waals surface area (Å²) < 4.78 is 7.61. The monoisotopic (exact) mass is 239 g/mol. The van der Waals surface area contributed by atoms with Gasteiger partial charge in [-0.3, -0.25) is 4.68 Å². The van der Waals surface area contributed by atoms with E-state index < -0.39 is 0 Å². The van der Waals surface area contributed by atoms with Crippen LogP contribution in [0.4, 0.5) is 0 Å². The van der Waals surface area contributed by atoms with Crippen molar-refractivity contribution in [1.82, 2.24) is 15.1 Å². The summed E-state index contributed by atoms with van der Waals surface area (Å²) in [6.45, 7) is 8.93. The normalized spacial score (nSPS) is 10.8. The van der Waals surface area contributed by atoms with Crippen molar-refractivity contribution in [2.24, 2.45) is 7.05 Å². The summed E-state index contributed by atoms with van der Waals surface area (Å²) in [7, 11) is 1.94. The average molecular weight is 239 g/mol. The highest BCUT2D eigenvalue weighted by atomic mass is 16.5. The first-order valence-corrected chi connectivity index (χ1v) is 6.50. The van der Waals surface area contributed by atoms with E-state index in [9.17, 15) is 0 Å². The molecule has 1 heterocycles. The molecule has 0 atom stereocenters. The Bertz CT molecular complexity index is 334. The van der Waals surface area contributed by atoms with Gasteiger partial charge in [0.05, 0.1) is 5.69 Å². The number of nitrogens with zero attached hydrogens (tertiary/aromatic N) is 2. The Morgan fingerprint density at radius 1 is 1.24 bits per heavy atom. The Labute approximate surface area is 104 Å². The SMILES string of the molecule is CCCCCNCCOc1c(C)nn(C)c1C. The molecule has 0 saturated carbocycles. The number of hydrogen-bond acceptors (Lipinski definition) is 3. The summed E-state index contributed by atoms with van der Waals surface area (Å²) in [4.78, 5) is 0. The van der Waals surface area contributed by atoms with Gasteiger partial charge in [0, 0.05) is 13.6 Å². The van der Waals surface area contributed by atoms with Gasteiger partial charge in [0.25, 0.3) is 0 Å². The summed E-state index contributed by atoms with van der Waals surface area (Å²) in [6.07, 6.45) is 3.82. The van der Waals surface area contributed by atoms with Crippen LogP contribution in [0.25, 0.3) is 0 Å². The zero-order valence-corrected chi connectivity index (χ0v) is 11.5. The van der Waals surface area contributed by atoms with Crippen LogP contribution < -0.4 is 10.1 Å². The van der Waals surface area contributed by atoms with Gasteiger partial charge < -0.3 is 10.1 Å². The third-order valence-corrected chi connectivity index (χ3v) is 2.92. The van der Waals surface area contributed by atoms with Crippen molar-refractivity contribution in [3.05, 3.63) is 11.4 Å².